The molecule has 2 aliphatic rings. The van der Waals surface area contributed by atoms with E-state index in [0.29, 0.717) is 36.4 Å². The van der Waals surface area contributed by atoms with E-state index < -0.39 is 36.1 Å². The largest absolute Gasteiger partial charge is 0.465 e. The van der Waals surface area contributed by atoms with Crippen molar-refractivity contribution in [2.45, 2.75) is 37.3 Å². The zero-order valence-corrected chi connectivity index (χ0v) is 17.6. The lowest BCUT2D eigenvalue weighted by molar-refractivity contribution is -0.132. The minimum atomic E-state index is -1.07. The molecule has 8 heteroatoms. The molecule has 3 amide bonds. The number of benzene rings is 2. The van der Waals surface area contributed by atoms with Gasteiger partial charge in [0.05, 0.1) is 18.0 Å². The van der Waals surface area contributed by atoms with Gasteiger partial charge in [0.2, 0.25) is 5.91 Å². The van der Waals surface area contributed by atoms with Gasteiger partial charge in [0, 0.05) is 11.6 Å². The highest BCUT2D eigenvalue weighted by atomic mass is 35.5. The number of carbonyl (C=O) groups is 3. The average Bonchev–Trinajstić information content (AvgIpc) is 3.37. The van der Waals surface area contributed by atoms with E-state index in [1.807, 2.05) is 30.3 Å². The summed E-state index contributed by atoms with van der Waals surface area (Å²) in [4.78, 5) is 40.6. The van der Waals surface area contributed by atoms with Gasteiger partial charge in [0.1, 0.15) is 6.61 Å². The number of rotatable bonds is 5. The number of likely N-dealkylation sites (tertiary alicyclic amines) is 1. The number of cyclic esters (lactones) is 1. The Kier molecular flexibility index (Phi) is 6.13. The first-order valence-electron chi connectivity index (χ1n) is 10.2. The second-order valence-corrected chi connectivity index (χ2v) is 8.28. The second kappa shape index (κ2) is 8.98. The van der Waals surface area contributed by atoms with Crippen LogP contribution in [0.2, 0.25) is 5.02 Å². The lowest BCUT2D eigenvalue weighted by Crippen LogP contribution is -2.49. The predicted octanol–water partition coefficient (Wildman–Crippen LogP) is 4.16. The lowest BCUT2D eigenvalue weighted by atomic mass is 9.88. The molecule has 0 aromatic heterocycles. The molecule has 3 atom stereocenters. The van der Waals surface area contributed by atoms with Crippen LogP contribution in [-0.2, 0) is 16.0 Å². The number of imide groups is 1. The van der Waals surface area contributed by atoms with Crippen molar-refractivity contribution >= 4 is 29.7 Å². The van der Waals surface area contributed by atoms with Crippen LogP contribution >= 0.6 is 11.6 Å². The fourth-order valence-electron chi connectivity index (χ4n) is 4.49. The molecule has 2 fully saturated rings. The zero-order chi connectivity index (χ0) is 22.0. The van der Waals surface area contributed by atoms with Crippen LogP contribution in [0.25, 0.3) is 0 Å². The van der Waals surface area contributed by atoms with E-state index in [-0.39, 0.29) is 6.61 Å². The number of nitrogens with zero attached hydrogens (tertiary/aromatic N) is 2. The Bertz CT molecular complexity index is 966. The molecule has 2 aromatic rings. The Morgan fingerprint density at radius 2 is 1.84 bits per heavy atom. The number of hydrogen-bond acceptors (Lipinski definition) is 4. The summed E-state index contributed by atoms with van der Waals surface area (Å²) in [7, 11) is 0. The van der Waals surface area contributed by atoms with Crippen LogP contribution in [0.3, 0.4) is 0 Å². The van der Waals surface area contributed by atoms with Crippen LogP contribution in [0.15, 0.2) is 54.6 Å². The topological polar surface area (TPSA) is 87.2 Å². The molecule has 1 N–H and O–H groups in total. The first kappa shape index (κ1) is 21.2. The normalized spacial score (nSPS) is 21.8. The van der Waals surface area contributed by atoms with E-state index in [9.17, 15) is 19.5 Å². The summed E-state index contributed by atoms with van der Waals surface area (Å²) < 4.78 is 5.23. The van der Waals surface area contributed by atoms with E-state index in [0.717, 1.165) is 5.56 Å². The summed E-state index contributed by atoms with van der Waals surface area (Å²) in [5, 5.41) is 10.2. The molecule has 2 heterocycles. The third-order valence-electron chi connectivity index (χ3n) is 5.94. The second-order valence-electron chi connectivity index (χ2n) is 7.84. The molecule has 0 saturated carbocycles. The van der Waals surface area contributed by atoms with Crippen LogP contribution in [-0.4, -0.2) is 58.2 Å². The third kappa shape index (κ3) is 4.37. The highest BCUT2D eigenvalue weighted by molar-refractivity contribution is 6.30. The first-order valence-corrected chi connectivity index (χ1v) is 10.6. The van der Waals surface area contributed by atoms with Crippen molar-refractivity contribution in [3.63, 3.8) is 0 Å². The van der Waals surface area contributed by atoms with Gasteiger partial charge in [-0.1, -0.05) is 54.1 Å². The maximum absolute atomic E-state index is 13.8. The molecule has 2 aromatic carbocycles. The van der Waals surface area contributed by atoms with E-state index in [1.165, 1.54) is 9.80 Å². The van der Waals surface area contributed by atoms with Crippen LogP contribution in [0.4, 0.5) is 9.59 Å². The minimum absolute atomic E-state index is 0.111. The van der Waals surface area contributed by atoms with Crippen LogP contribution in [0, 0.1) is 0 Å². The molecular weight excluding hydrogens is 420 g/mol. The molecule has 2 saturated heterocycles. The van der Waals surface area contributed by atoms with Crippen molar-refractivity contribution in [2.75, 3.05) is 13.2 Å². The Labute approximate surface area is 185 Å². The summed E-state index contributed by atoms with van der Waals surface area (Å²) in [5.74, 6) is -1.26. The summed E-state index contributed by atoms with van der Waals surface area (Å²) in [6, 6.07) is 15.3. The van der Waals surface area contributed by atoms with Gasteiger partial charge in [0.25, 0.3) is 0 Å². The van der Waals surface area contributed by atoms with E-state index in [2.05, 4.69) is 0 Å². The van der Waals surface area contributed by atoms with Gasteiger partial charge in [-0.2, -0.15) is 0 Å². The molecule has 31 heavy (non-hydrogen) atoms. The van der Waals surface area contributed by atoms with Crippen LogP contribution in [0.5, 0.6) is 0 Å². The van der Waals surface area contributed by atoms with E-state index in [1.54, 1.807) is 24.3 Å². The maximum atomic E-state index is 13.8. The van der Waals surface area contributed by atoms with Gasteiger partial charge in [-0.25, -0.2) is 14.5 Å². The SMILES string of the molecule is O=C(O)N1CCCC1[C@@H](C(=O)N1C(=O)OCC1Cc1ccccc1)c1ccc(Cl)cc1. The molecule has 0 spiro atoms. The lowest BCUT2D eigenvalue weighted by Gasteiger charge is -2.32. The number of ether oxygens (including phenoxy) is 1. The third-order valence-corrected chi connectivity index (χ3v) is 6.19. The van der Waals surface area contributed by atoms with Crippen molar-refractivity contribution < 1.29 is 24.2 Å². The summed E-state index contributed by atoms with van der Waals surface area (Å²) >= 11 is 6.02. The summed E-state index contributed by atoms with van der Waals surface area (Å²) in [6.45, 7) is 0.468. The summed E-state index contributed by atoms with van der Waals surface area (Å²) in [6.07, 6.45) is -0.0909. The Morgan fingerprint density at radius 3 is 2.52 bits per heavy atom. The fraction of sp³-hybridized carbons (Fsp3) is 0.348. The van der Waals surface area contributed by atoms with Crippen LogP contribution < -0.4 is 0 Å². The highest BCUT2D eigenvalue weighted by Crippen LogP contribution is 2.35. The monoisotopic (exact) mass is 442 g/mol. The Morgan fingerprint density at radius 1 is 1.13 bits per heavy atom. The standard InChI is InChI=1S/C23H23ClN2O5/c24-17-10-8-16(9-11-17)20(19-7-4-12-25(19)22(28)29)21(27)26-18(14-31-23(26)30)13-15-5-2-1-3-6-15/h1-3,5-6,8-11,18-20H,4,7,12-14H2,(H,28,29)/t18?,19?,20-/m0/s1. The number of halogens is 1. The number of carbonyl (C=O) groups excluding carboxylic acids is 2. The predicted molar refractivity (Wildman–Crippen MR) is 114 cm³/mol. The van der Waals surface area contributed by atoms with E-state index >= 15 is 0 Å². The molecule has 0 aliphatic carbocycles. The van der Waals surface area contributed by atoms with Gasteiger partial charge in [-0.15, -0.1) is 0 Å². The van der Waals surface area contributed by atoms with Crippen molar-refractivity contribution in [2.24, 2.45) is 0 Å². The van der Waals surface area contributed by atoms with Gasteiger partial charge < -0.3 is 14.7 Å². The van der Waals surface area contributed by atoms with Crippen molar-refractivity contribution in [3.8, 4) is 0 Å². The number of amides is 3. The Balaban J connectivity index is 1.67. The smallest absolute Gasteiger partial charge is 0.417 e. The maximum Gasteiger partial charge on any atom is 0.417 e. The van der Waals surface area contributed by atoms with Crippen molar-refractivity contribution in [3.05, 3.63) is 70.7 Å². The van der Waals surface area contributed by atoms with Gasteiger partial charge in [-0.3, -0.25) is 4.79 Å². The molecule has 2 aliphatic heterocycles. The van der Waals surface area contributed by atoms with Gasteiger partial charge in [-0.05, 0) is 42.5 Å². The van der Waals surface area contributed by atoms with Gasteiger partial charge >= 0.3 is 12.2 Å². The summed E-state index contributed by atoms with van der Waals surface area (Å²) in [5.41, 5.74) is 1.62. The molecule has 7 nitrogen and oxygen atoms in total. The molecular formula is C23H23ClN2O5. The average molecular weight is 443 g/mol. The highest BCUT2D eigenvalue weighted by Gasteiger charge is 2.46. The quantitative estimate of drug-likeness (QED) is 0.751. The van der Waals surface area contributed by atoms with Crippen molar-refractivity contribution in [1.29, 1.82) is 0 Å². The first-order chi connectivity index (χ1) is 15.0. The molecule has 4 rings (SSSR count). The molecule has 0 bridgehead atoms. The van der Waals surface area contributed by atoms with E-state index in [4.69, 9.17) is 16.3 Å². The molecule has 0 radical (unpaired) electrons. The molecule has 162 valence electrons. The van der Waals surface area contributed by atoms with Crippen molar-refractivity contribution in [1.82, 2.24) is 9.80 Å². The van der Waals surface area contributed by atoms with Gasteiger partial charge in [0.15, 0.2) is 0 Å². The number of carboxylic acid groups (broad SMARTS) is 1. The van der Waals surface area contributed by atoms with Crippen LogP contribution in [0.1, 0.15) is 29.9 Å². The minimum Gasteiger partial charge on any atom is -0.465 e. The molecule has 2 unspecified atom stereocenters. The zero-order valence-electron chi connectivity index (χ0n) is 16.8. The number of hydrogen-bond donors (Lipinski definition) is 1. The Hall–Kier alpha value is -3.06. The fourth-order valence-corrected chi connectivity index (χ4v) is 4.62.